The Kier molecular flexibility index (Phi) is 12.5. The summed E-state index contributed by atoms with van der Waals surface area (Å²) in [7, 11) is -8.09. The molecule has 1 aromatic carbocycles. The van der Waals surface area contributed by atoms with Crippen molar-refractivity contribution in [1.82, 2.24) is 4.90 Å². The van der Waals surface area contributed by atoms with Gasteiger partial charge in [-0.25, -0.2) is 0 Å². The first kappa shape index (κ1) is 30.3. The number of rotatable bonds is 10. The van der Waals surface area contributed by atoms with Crippen molar-refractivity contribution in [3.63, 3.8) is 0 Å². The van der Waals surface area contributed by atoms with Gasteiger partial charge >= 0.3 is 0 Å². The Labute approximate surface area is 192 Å². The Balaban J connectivity index is 0.00000227. The van der Waals surface area contributed by atoms with Gasteiger partial charge in [0, 0.05) is 17.7 Å². The molecule has 0 aliphatic carbocycles. The summed E-state index contributed by atoms with van der Waals surface area (Å²) in [4.78, 5) is 14.5. The van der Waals surface area contributed by atoms with Gasteiger partial charge in [-0.05, 0) is 50.0 Å². The van der Waals surface area contributed by atoms with Crippen LogP contribution in [0.1, 0.15) is 58.6 Å². The summed E-state index contributed by atoms with van der Waals surface area (Å²) in [5.41, 5.74) is 3.95. The standard InChI is InChI=1S/C18H28N2O6S2.C2H6.CH2O/c1-14-18(2,3)16-12-15(6-7-17(16)19-14)13-20(8-4-10-27(21,22)23)9-5-11-28(24,25)26;2*1-2/h6-7,12H,4-5,8-11,13H2,1-3H3,(H,21,22,23)(H,24,25,26);1-2H3;1H2. The minimum Gasteiger partial charge on any atom is -0.307 e. The topological polar surface area (TPSA) is 141 Å². The van der Waals surface area contributed by atoms with Crippen molar-refractivity contribution in [3.8, 4) is 0 Å². The van der Waals surface area contributed by atoms with E-state index in [-0.39, 0.29) is 29.8 Å². The molecule has 2 rings (SSSR count). The highest BCUT2D eigenvalue weighted by Crippen LogP contribution is 2.40. The van der Waals surface area contributed by atoms with Crippen molar-refractivity contribution < 1.29 is 30.7 Å². The van der Waals surface area contributed by atoms with Crippen molar-refractivity contribution in [2.45, 2.75) is 59.4 Å². The molecule has 0 bridgehead atoms. The molecule has 184 valence electrons. The number of hydrogen-bond donors (Lipinski definition) is 2. The van der Waals surface area contributed by atoms with E-state index in [1.807, 2.05) is 44.6 Å². The van der Waals surface area contributed by atoms with Crippen molar-refractivity contribution in [2.75, 3.05) is 24.6 Å². The monoisotopic (exact) mass is 492 g/mol. The normalized spacial score (nSPS) is 14.6. The molecular weight excluding hydrogens is 456 g/mol. The van der Waals surface area contributed by atoms with Gasteiger partial charge in [-0.15, -0.1) is 0 Å². The van der Waals surface area contributed by atoms with Crippen LogP contribution >= 0.6 is 0 Å². The summed E-state index contributed by atoms with van der Waals surface area (Å²) in [5, 5.41) is 0. The first-order valence-corrected chi connectivity index (χ1v) is 13.6. The molecule has 0 spiro atoms. The summed E-state index contributed by atoms with van der Waals surface area (Å²) in [6, 6.07) is 5.99. The molecule has 1 aliphatic heterocycles. The molecule has 1 heterocycles. The summed E-state index contributed by atoms with van der Waals surface area (Å²) >= 11 is 0. The van der Waals surface area contributed by atoms with Crippen molar-refractivity contribution in [2.24, 2.45) is 4.99 Å². The molecular formula is C21H36N2O7S2. The van der Waals surface area contributed by atoms with Gasteiger partial charge < -0.3 is 4.79 Å². The third-order valence-electron chi connectivity index (χ3n) is 5.09. The fourth-order valence-electron chi connectivity index (χ4n) is 3.26. The lowest BCUT2D eigenvalue weighted by Crippen LogP contribution is -2.28. The summed E-state index contributed by atoms with van der Waals surface area (Å²) in [5.74, 6) is -0.710. The number of fused-ring (bicyclic) bond motifs is 1. The van der Waals surface area contributed by atoms with E-state index in [2.05, 4.69) is 24.9 Å². The van der Waals surface area contributed by atoms with E-state index in [0.29, 0.717) is 19.6 Å². The lowest BCUT2D eigenvalue weighted by atomic mass is 9.81. The molecule has 0 saturated carbocycles. The van der Waals surface area contributed by atoms with Crippen LogP contribution in [0.15, 0.2) is 23.2 Å². The van der Waals surface area contributed by atoms with Crippen LogP contribution in [0.4, 0.5) is 5.69 Å². The van der Waals surface area contributed by atoms with Gasteiger partial charge in [0.1, 0.15) is 6.79 Å². The van der Waals surface area contributed by atoms with Crippen LogP contribution < -0.4 is 0 Å². The van der Waals surface area contributed by atoms with E-state index >= 15 is 0 Å². The zero-order valence-electron chi connectivity index (χ0n) is 19.5. The smallest absolute Gasteiger partial charge is 0.264 e. The number of hydrogen-bond acceptors (Lipinski definition) is 7. The lowest BCUT2D eigenvalue weighted by molar-refractivity contribution is -0.0980. The van der Waals surface area contributed by atoms with Gasteiger partial charge in [0.2, 0.25) is 0 Å². The SMILES string of the molecule is C=O.CC.CC1=Nc2ccc(CN(CCCS(=O)(=O)O)CCCS(=O)(=O)O)cc2C1(C)C. The van der Waals surface area contributed by atoms with E-state index in [1.165, 1.54) is 0 Å². The molecule has 0 atom stereocenters. The van der Waals surface area contributed by atoms with Gasteiger partial charge in [0.15, 0.2) is 0 Å². The van der Waals surface area contributed by atoms with Crippen molar-refractivity contribution >= 4 is 38.4 Å². The number of carbonyl (C=O) groups excluding carboxylic acids is 1. The Morgan fingerprint density at radius 1 is 0.969 bits per heavy atom. The van der Waals surface area contributed by atoms with E-state index in [1.54, 1.807) is 0 Å². The van der Waals surface area contributed by atoms with Crippen LogP contribution in [-0.2, 0) is 37.0 Å². The Bertz CT molecular complexity index is 934. The van der Waals surface area contributed by atoms with E-state index in [9.17, 15) is 16.8 Å². The molecule has 1 aliphatic rings. The Hall–Kier alpha value is -1.66. The fraction of sp³-hybridized carbons (Fsp3) is 0.619. The van der Waals surface area contributed by atoms with Gasteiger partial charge in [-0.2, -0.15) is 16.8 Å². The second kappa shape index (κ2) is 13.1. The molecule has 11 heteroatoms. The number of carbonyl (C=O) groups is 1. The van der Waals surface area contributed by atoms with Gasteiger partial charge in [-0.3, -0.25) is 19.0 Å². The van der Waals surface area contributed by atoms with E-state index in [0.717, 1.165) is 22.5 Å². The quantitative estimate of drug-likeness (QED) is 0.474. The molecule has 0 radical (unpaired) electrons. The van der Waals surface area contributed by atoms with Crippen molar-refractivity contribution in [3.05, 3.63) is 29.3 Å². The van der Waals surface area contributed by atoms with Crippen LogP contribution in [0.3, 0.4) is 0 Å². The average molecular weight is 493 g/mol. The van der Waals surface area contributed by atoms with Crippen LogP contribution in [0, 0.1) is 0 Å². The Morgan fingerprint density at radius 2 is 1.44 bits per heavy atom. The molecule has 1 aromatic rings. The maximum absolute atomic E-state index is 11.0. The van der Waals surface area contributed by atoms with E-state index in [4.69, 9.17) is 13.9 Å². The number of benzene rings is 1. The zero-order valence-corrected chi connectivity index (χ0v) is 21.2. The summed E-state index contributed by atoms with van der Waals surface area (Å²) in [6.45, 7) is 13.5. The van der Waals surface area contributed by atoms with Crippen LogP contribution in [0.2, 0.25) is 0 Å². The average Bonchev–Trinajstić information content (AvgIpc) is 2.92. The lowest BCUT2D eigenvalue weighted by Gasteiger charge is -2.24. The second-order valence-corrected chi connectivity index (χ2v) is 10.9. The van der Waals surface area contributed by atoms with Gasteiger partial charge in [0.25, 0.3) is 20.2 Å². The first-order valence-electron chi connectivity index (χ1n) is 10.4. The highest BCUT2D eigenvalue weighted by atomic mass is 32.2. The largest absolute Gasteiger partial charge is 0.307 e. The zero-order chi connectivity index (χ0) is 25.2. The molecule has 0 fully saturated rings. The van der Waals surface area contributed by atoms with Crippen LogP contribution in [-0.4, -0.2) is 67.9 Å². The minimum atomic E-state index is -4.04. The molecule has 2 N–H and O–H groups in total. The Morgan fingerprint density at radius 3 is 1.88 bits per heavy atom. The first-order chi connectivity index (χ1) is 14.8. The molecule has 0 saturated heterocycles. The fourth-order valence-corrected chi connectivity index (χ4v) is 4.25. The van der Waals surface area contributed by atoms with Crippen molar-refractivity contribution in [1.29, 1.82) is 0 Å². The maximum Gasteiger partial charge on any atom is 0.264 e. The second-order valence-electron chi connectivity index (χ2n) is 7.73. The molecule has 0 unspecified atom stereocenters. The third-order valence-corrected chi connectivity index (χ3v) is 6.70. The molecule has 9 nitrogen and oxygen atoms in total. The van der Waals surface area contributed by atoms with E-state index < -0.39 is 20.2 Å². The molecule has 0 amide bonds. The minimum absolute atomic E-state index is 0.161. The highest BCUT2D eigenvalue weighted by molar-refractivity contribution is 7.86. The summed E-state index contributed by atoms with van der Waals surface area (Å²) < 4.78 is 61.7. The number of aliphatic imine (C=N–C) groups is 1. The van der Waals surface area contributed by atoms with Gasteiger partial charge in [0.05, 0.1) is 17.2 Å². The van der Waals surface area contributed by atoms with Gasteiger partial charge in [-0.1, -0.05) is 39.8 Å². The highest BCUT2D eigenvalue weighted by Gasteiger charge is 2.32. The summed E-state index contributed by atoms with van der Waals surface area (Å²) in [6.07, 6.45) is 0.451. The molecule has 0 aromatic heterocycles. The predicted octanol–water partition coefficient (Wildman–Crippen LogP) is 3.27. The third kappa shape index (κ3) is 10.3. The van der Waals surface area contributed by atoms with Crippen LogP contribution in [0.25, 0.3) is 0 Å². The molecule has 32 heavy (non-hydrogen) atoms. The van der Waals surface area contributed by atoms with Crippen LogP contribution in [0.5, 0.6) is 0 Å². The number of nitrogens with zero attached hydrogens (tertiary/aromatic N) is 2. The predicted molar refractivity (Wildman–Crippen MR) is 128 cm³/mol. The maximum atomic E-state index is 11.0.